The molecule has 0 spiro atoms. The van der Waals surface area contributed by atoms with E-state index >= 15 is 0 Å². The topological polar surface area (TPSA) is 21.3 Å². The third kappa shape index (κ3) is 3.48. The van der Waals surface area contributed by atoms with E-state index in [0.29, 0.717) is 12.1 Å². The Morgan fingerprint density at radius 2 is 2.38 bits per heavy atom. The molecule has 0 amide bonds. The van der Waals surface area contributed by atoms with Gasteiger partial charge in [-0.05, 0) is 37.5 Å². The Bertz CT molecular complexity index is 342. The van der Waals surface area contributed by atoms with Crippen LogP contribution in [0.15, 0.2) is 24.3 Å². The molecule has 88 valence electrons. The van der Waals surface area contributed by atoms with Crippen LogP contribution >= 0.6 is 11.6 Å². The Balaban J connectivity index is 1.82. The van der Waals surface area contributed by atoms with Crippen molar-refractivity contribution in [3.05, 3.63) is 34.9 Å². The van der Waals surface area contributed by atoms with Crippen LogP contribution in [-0.2, 0) is 11.3 Å². The first-order chi connectivity index (χ1) is 7.74. The molecule has 16 heavy (non-hydrogen) atoms. The number of nitrogens with one attached hydrogen (secondary N) is 1. The highest BCUT2D eigenvalue weighted by molar-refractivity contribution is 6.30. The van der Waals surface area contributed by atoms with Gasteiger partial charge in [-0.25, -0.2) is 0 Å². The van der Waals surface area contributed by atoms with Crippen LogP contribution in [0, 0.1) is 0 Å². The van der Waals surface area contributed by atoms with E-state index in [1.54, 1.807) is 0 Å². The zero-order chi connectivity index (χ0) is 11.4. The molecular weight excluding hydrogens is 222 g/mol. The summed E-state index contributed by atoms with van der Waals surface area (Å²) in [5, 5.41) is 4.36. The minimum Gasteiger partial charge on any atom is -0.378 e. The predicted molar refractivity (Wildman–Crippen MR) is 66.7 cm³/mol. The summed E-state index contributed by atoms with van der Waals surface area (Å²) in [6.07, 6.45) is 2.58. The molecule has 0 bridgehead atoms. The molecule has 2 nitrogen and oxygen atoms in total. The van der Waals surface area contributed by atoms with Gasteiger partial charge < -0.3 is 10.1 Å². The van der Waals surface area contributed by atoms with Crippen LogP contribution in [0.5, 0.6) is 0 Å². The molecule has 1 N–H and O–H groups in total. The highest BCUT2D eigenvalue weighted by Crippen LogP contribution is 2.15. The lowest BCUT2D eigenvalue weighted by atomic mass is 10.0. The van der Waals surface area contributed by atoms with Crippen molar-refractivity contribution < 1.29 is 4.74 Å². The summed E-state index contributed by atoms with van der Waals surface area (Å²) in [5.41, 5.74) is 1.24. The van der Waals surface area contributed by atoms with Gasteiger partial charge in [0.15, 0.2) is 0 Å². The van der Waals surface area contributed by atoms with Crippen LogP contribution < -0.4 is 5.32 Å². The molecule has 0 radical (unpaired) electrons. The zero-order valence-corrected chi connectivity index (χ0v) is 10.3. The summed E-state index contributed by atoms with van der Waals surface area (Å²) >= 11 is 5.94. The monoisotopic (exact) mass is 239 g/mol. The fourth-order valence-electron chi connectivity index (χ4n) is 2.09. The van der Waals surface area contributed by atoms with Crippen LogP contribution in [0.4, 0.5) is 0 Å². The lowest BCUT2D eigenvalue weighted by Gasteiger charge is -2.28. The number of ether oxygens (including phenoxy) is 1. The Kier molecular flexibility index (Phi) is 4.22. The Morgan fingerprint density at radius 1 is 1.50 bits per heavy atom. The normalized spacial score (nSPS) is 25.6. The van der Waals surface area contributed by atoms with E-state index in [-0.39, 0.29) is 0 Å². The summed E-state index contributed by atoms with van der Waals surface area (Å²) in [6, 6.07) is 8.58. The van der Waals surface area contributed by atoms with E-state index in [1.807, 2.05) is 18.2 Å². The van der Waals surface area contributed by atoms with E-state index in [0.717, 1.165) is 31.0 Å². The Hall–Kier alpha value is -0.570. The van der Waals surface area contributed by atoms with Gasteiger partial charge in [0.2, 0.25) is 0 Å². The molecule has 0 aliphatic carbocycles. The minimum atomic E-state index is 0.380. The maximum atomic E-state index is 5.94. The second-order valence-electron chi connectivity index (χ2n) is 4.41. The first-order valence-corrected chi connectivity index (χ1v) is 6.21. The highest BCUT2D eigenvalue weighted by atomic mass is 35.5. The van der Waals surface area contributed by atoms with E-state index in [9.17, 15) is 0 Å². The van der Waals surface area contributed by atoms with Crippen LogP contribution in [-0.4, -0.2) is 18.8 Å². The van der Waals surface area contributed by atoms with Gasteiger partial charge in [0.25, 0.3) is 0 Å². The van der Waals surface area contributed by atoms with E-state index < -0.39 is 0 Å². The third-order valence-electron chi connectivity index (χ3n) is 2.97. The standard InChI is InChI=1S/C13H18ClNO/c1-10-7-13(5-6-16-10)15-9-11-3-2-4-12(14)8-11/h2-4,8,10,13,15H,5-7,9H2,1H3. The van der Waals surface area contributed by atoms with Crippen LogP contribution in [0.2, 0.25) is 5.02 Å². The van der Waals surface area contributed by atoms with E-state index in [4.69, 9.17) is 16.3 Å². The number of halogens is 1. The molecule has 1 fully saturated rings. The van der Waals surface area contributed by atoms with Crippen molar-refractivity contribution in [2.45, 2.75) is 38.5 Å². The molecule has 2 unspecified atom stereocenters. The summed E-state index contributed by atoms with van der Waals surface area (Å²) in [5.74, 6) is 0. The third-order valence-corrected chi connectivity index (χ3v) is 3.20. The lowest BCUT2D eigenvalue weighted by molar-refractivity contribution is 0.0130. The lowest BCUT2D eigenvalue weighted by Crippen LogP contribution is -2.37. The number of rotatable bonds is 3. The highest BCUT2D eigenvalue weighted by Gasteiger charge is 2.18. The van der Waals surface area contributed by atoms with Crippen LogP contribution in [0.1, 0.15) is 25.3 Å². The second-order valence-corrected chi connectivity index (χ2v) is 4.85. The Morgan fingerprint density at radius 3 is 3.12 bits per heavy atom. The van der Waals surface area contributed by atoms with Gasteiger partial charge in [-0.2, -0.15) is 0 Å². The number of hydrogen-bond donors (Lipinski definition) is 1. The summed E-state index contributed by atoms with van der Waals surface area (Å²) < 4.78 is 5.52. The SMILES string of the molecule is CC1CC(NCc2cccc(Cl)c2)CCO1. The molecule has 1 aromatic carbocycles. The van der Waals surface area contributed by atoms with Crippen LogP contribution in [0.3, 0.4) is 0 Å². The van der Waals surface area contributed by atoms with Crippen molar-refractivity contribution in [3.63, 3.8) is 0 Å². The first kappa shape index (κ1) is 11.9. The molecule has 1 saturated heterocycles. The molecule has 1 aromatic rings. The fraction of sp³-hybridized carbons (Fsp3) is 0.538. The number of hydrogen-bond acceptors (Lipinski definition) is 2. The summed E-state index contributed by atoms with van der Waals surface area (Å²) in [4.78, 5) is 0. The van der Waals surface area contributed by atoms with Crippen molar-refractivity contribution in [3.8, 4) is 0 Å². The molecule has 1 aliphatic rings. The molecule has 3 heteroatoms. The number of benzene rings is 1. The van der Waals surface area contributed by atoms with Gasteiger partial charge >= 0.3 is 0 Å². The zero-order valence-electron chi connectivity index (χ0n) is 9.58. The predicted octanol–water partition coefficient (Wildman–Crippen LogP) is 3.00. The van der Waals surface area contributed by atoms with Crippen molar-refractivity contribution in [1.29, 1.82) is 0 Å². The summed E-state index contributed by atoms with van der Waals surface area (Å²) in [6.45, 7) is 3.89. The molecule has 2 atom stereocenters. The van der Waals surface area contributed by atoms with Gasteiger partial charge in [-0.3, -0.25) is 0 Å². The second kappa shape index (κ2) is 5.67. The van der Waals surface area contributed by atoms with Crippen molar-refractivity contribution >= 4 is 11.6 Å². The van der Waals surface area contributed by atoms with E-state index in [2.05, 4.69) is 18.3 Å². The largest absolute Gasteiger partial charge is 0.378 e. The molecule has 1 heterocycles. The van der Waals surface area contributed by atoms with Crippen molar-refractivity contribution in [1.82, 2.24) is 5.32 Å². The maximum Gasteiger partial charge on any atom is 0.0561 e. The van der Waals surface area contributed by atoms with Gasteiger partial charge in [-0.15, -0.1) is 0 Å². The maximum absolute atomic E-state index is 5.94. The minimum absolute atomic E-state index is 0.380. The first-order valence-electron chi connectivity index (χ1n) is 5.83. The Labute approximate surface area is 102 Å². The van der Waals surface area contributed by atoms with Crippen molar-refractivity contribution in [2.24, 2.45) is 0 Å². The molecule has 2 rings (SSSR count). The van der Waals surface area contributed by atoms with Gasteiger partial charge in [-0.1, -0.05) is 23.7 Å². The fourth-order valence-corrected chi connectivity index (χ4v) is 2.31. The molecule has 1 aliphatic heterocycles. The van der Waals surface area contributed by atoms with Gasteiger partial charge in [0.05, 0.1) is 6.10 Å². The van der Waals surface area contributed by atoms with Gasteiger partial charge in [0.1, 0.15) is 0 Å². The van der Waals surface area contributed by atoms with Crippen molar-refractivity contribution in [2.75, 3.05) is 6.61 Å². The van der Waals surface area contributed by atoms with E-state index in [1.165, 1.54) is 5.56 Å². The van der Waals surface area contributed by atoms with Crippen LogP contribution in [0.25, 0.3) is 0 Å². The smallest absolute Gasteiger partial charge is 0.0561 e. The molecule has 0 saturated carbocycles. The molecule has 0 aromatic heterocycles. The average Bonchev–Trinajstić information content (AvgIpc) is 2.27. The average molecular weight is 240 g/mol. The summed E-state index contributed by atoms with van der Waals surface area (Å²) in [7, 11) is 0. The quantitative estimate of drug-likeness (QED) is 0.876. The van der Waals surface area contributed by atoms with Gasteiger partial charge in [0, 0.05) is 24.2 Å². The molecular formula is C13H18ClNO.